The van der Waals surface area contributed by atoms with Crippen molar-refractivity contribution in [3.05, 3.63) is 64.8 Å². The van der Waals surface area contributed by atoms with Crippen molar-refractivity contribution in [1.82, 2.24) is 9.88 Å². The fourth-order valence-corrected chi connectivity index (χ4v) is 3.74. The lowest BCUT2D eigenvalue weighted by molar-refractivity contribution is -0.384. The lowest BCUT2D eigenvalue weighted by Crippen LogP contribution is -2.27. The van der Waals surface area contributed by atoms with Gasteiger partial charge in [-0.1, -0.05) is 36.4 Å². The van der Waals surface area contributed by atoms with Gasteiger partial charge in [0.15, 0.2) is 0 Å². The molecule has 0 atom stereocenters. The molecule has 0 radical (unpaired) electrons. The Morgan fingerprint density at radius 1 is 1.14 bits per heavy atom. The summed E-state index contributed by atoms with van der Waals surface area (Å²) < 4.78 is 0. The first-order valence-electron chi connectivity index (χ1n) is 9.78. The third-order valence-corrected chi connectivity index (χ3v) is 5.23. The number of pyridine rings is 1. The number of nitrogens with one attached hydrogen (secondary N) is 1. The second kappa shape index (κ2) is 8.26. The number of nitrogens with zero attached hydrogens (tertiary/aromatic N) is 3. The molecule has 29 heavy (non-hydrogen) atoms. The molecule has 0 spiro atoms. The van der Waals surface area contributed by atoms with Gasteiger partial charge in [-0.3, -0.25) is 14.9 Å². The van der Waals surface area contributed by atoms with Gasteiger partial charge >= 0.3 is 5.69 Å². The number of aromatic nitrogens is 1. The van der Waals surface area contributed by atoms with Crippen molar-refractivity contribution in [2.45, 2.75) is 19.3 Å². The standard InChI is InChI=1S/C22H22N4O3/c27-21-8-4-12-25(21)13-5-11-23-22-18-10-9-17(16-6-2-1-3-7-16)14-19(18)24-15-20(22)26(28)29/h1-3,6-7,9-10,14-15H,4-5,8,11-13H2,(H,23,24). The summed E-state index contributed by atoms with van der Waals surface area (Å²) in [6, 6.07) is 15.7. The maximum Gasteiger partial charge on any atom is 0.311 e. The van der Waals surface area contributed by atoms with Gasteiger partial charge in [-0.2, -0.15) is 0 Å². The van der Waals surface area contributed by atoms with Gasteiger partial charge < -0.3 is 10.2 Å². The van der Waals surface area contributed by atoms with Crippen molar-refractivity contribution >= 4 is 28.2 Å². The molecule has 7 heteroatoms. The summed E-state index contributed by atoms with van der Waals surface area (Å²) in [4.78, 5) is 29.0. The molecular weight excluding hydrogens is 368 g/mol. The van der Waals surface area contributed by atoms with Gasteiger partial charge in [-0.15, -0.1) is 0 Å². The van der Waals surface area contributed by atoms with E-state index in [9.17, 15) is 14.9 Å². The van der Waals surface area contributed by atoms with Crippen molar-refractivity contribution in [2.75, 3.05) is 25.0 Å². The van der Waals surface area contributed by atoms with Crippen LogP contribution in [0, 0.1) is 10.1 Å². The molecule has 7 nitrogen and oxygen atoms in total. The largest absolute Gasteiger partial charge is 0.379 e. The van der Waals surface area contributed by atoms with Gasteiger partial charge in [0.1, 0.15) is 11.9 Å². The number of nitro groups is 1. The Bertz CT molecular complexity index is 1050. The van der Waals surface area contributed by atoms with Crippen LogP contribution in [0.15, 0.2) is 54.7 Å². The zero-order valence-electron chi connectivity index (χ0n) is 16.0. The lowest BCUT2D eigenvalue weighted by atomic mass is 10.0. The third-order valence-electron chi connectivity index (χ3n) is 5.23. The first-order valence-corrected chi connectivity index (χ1v) is 9.78. The van der Waals surface area contributed by atoms with E-state index in [2.05, 4.69) is 10.3 Å². The van der Waals surface area contributed by atoms with E-state index >= 15 is 0 Å². The highest BCUT2D eigenvalue weighted by molar-refractivity contribution is 5.97. The van der Waals surface area contributed by atoms with Gasteiger partial charge in [-0.25, -0.2) is 4.98 Å². The number of fused-ring (bicyclic) bond motifs is 1. The third kappa shape index (κ3) is 4.03. The minimum absolute atomic E-state index is 0.0396. The smallest absolute Gasteiger partial charge is 0.311 e. The zero-order valence-corrected chi connectivity index (χ0v) is 16.0. The number of carbonyl (C=O) groups is 1. The summed E-state index contributed by atoms with van der Waals surface area (Å²) in [5.74, 6) is 0.193. The minimum Gasteiger partial charge on any atom is -0.379 e. The number of hydrogen-bond acceptors (Lipinski definition) is 5. The predicted molar refractivity (Wildman–Crippen MR) is 113 cm³/mol. The molecule has 1 fully saturated rings. The molecular formula is C22H22N4O3. The molecule has 4 rings (SSSR count). The minimum atomic E-state index is -0.413. The van der Waals surface area contributed by atoms with Crippen LogP contribution in [0.1, 0.15) is 19.3 Å². The molecule has 1 saturated heterocycles. The molecule has 148 valence electrons. The molecule has 1 aromatic heterocycles. The molecule has 0 aliphatic carbocycles. The highest BCUT2D eigenvalue weighted by Crippen LogP contribution is 2.33. The topological polar surface area (TPSA) is 88.4 Å². The molecule has 0 bridgehead atoms. The monoisotopic (exact) mass is 390 g/mol. The normalized spacial score (nSPS) is 13.8. The Balaban J connectivity index is 1.57. The zero-order chi connectivity index (χ0) is 20.2. The van der Waals surface area contributed by atoms with Crippen LogP contribution in [0.3, 0.4) is 0 Å². The van der Waals surface area contributed by atoms with Crippen molar-refractivity contribution in [3.63, 3.8) is 0 Å². The van der Waals surface area contributed by atoms with Crippen LogP contribution in [0.4, 0.5) is 11.4 Å². The lowest BCUT2D eigenvalue weighted by Gasteiger charge is -2.16. The van der Waals surface area contributed by atoms with Gasteiger partial charge in [-0.05, 0) is 36.1 Å². The first kappa shape index (κ1) is 18.9. The van der Waals surface area contributed by atoms with E-state index in [0.29, 0.717) is 30.7 Å². The van der Waals surface area contributed by atoms with Crippen molar-refractivity contribution in [2.24, 2.45) is 0 Å². The summed E-state index contributed by atoms with van der Waals surface area (Å²) in [5.41, 5.74) is 3.22. The fourth-order valence-electron chi connectivity index (χ4n) is 3.74. The summed E-state index contributed by atoms with van der Waals surface area (Å²) >= 11 is 0. The molecule has 1 amide bonds. The van der Waals surface area contributed by atoms with Crippen LogP contribution in [-0.4, -0.2) is 40.3 Å². The predicted octanol–water partition coefficient (Wildman–Crippen LogP) is 4.23. The second-order valence-electron chi connectivity index (χ2n) is 7.14. The summed E-state index contributed by atoms with van der Waals surface area (Å²) in [6.07, 6.45) is 3.58. The average molecular weight is 390 g/mol. The molecule has 0 unspecified atom stereocenters. The van der Waals surface area contributed by atoms with E-state index in [4.69, 9.17) is 0 Å². The van der Waals surface area contributed by atoms with Gasteiger partial charge in [0, 0.05) is 31.4 Å². The average Bonchev–Trinajstić information content (AvgIpc) is 3.15. The van der Waals surface area contributed by atoms with Gasteiger partial charge in [0.05, 0.1) is 10.4 Å². The fraction of sp³-hybridized carbons (Fsp3) is 0.273. The van der Waals surface area contributed by atoms with Crippen LogP contribution in [0.25, 0.3) is 22.0 Å². The molecule has 1 N–H and O–H groups in total. The second-order valence-corrected chi connectivity index (χ2v) is 7.14. The van der Waals surface area contributed by atoms with Crippen molar-refractivity contribution in [3.8, 4) is 11.1 Å². The van der Waals surface area contributed by atoms with E-state index in [-0.39, 0.29) is 11.6 Å². The number of benzene rings is 2. The van der Waals surface area contributed by atoms with E-state index in [1.54, 1.807) is 0 Å². The Labute approximate surface area is 168 Å². The van der Waals surface area contributed by atoms with Gasteiger partial charge in [0.25, 0.3) is 0 Å². The van der Waals surface area contributed by atoms with Crippen LogP contribution in [0.5, 0.6) is 0 Å². The number of rotatable bonds is 7. The van der Waals surface area contributed by atoms with Crippen LogP contribution >= 0.6 is 0 Å². The highest BCUT2D eigenvalue weighted by atomic mass is 16.6. The van der Waals surface area contributed by atoms with Crippen molar-refractivity contribution in [1.29, 1.82) is 0 Å². The molecule has 1 aliphatic rings. The van der Waals surface area contributed by atoms with E-state index < -0.39 is 4.92 Å². The molecule has 2 aromatic carbocycles. The van der Waals surface area contributed by atoms with E-state index in [1.807, 2.05) is 53.4 Å². The molecule has 2 heterocycles. The Morgan fingerprint density at radius 3 is 2.69 bits per heavy atom. The maximum absolute atomic E-state index is 11.7. The van der Waals surface area contributed by atoms with E-state index in [1.165, 1.54) is 6.20 Å². The van der Waals surface area contributed by atoms with Crippen LogP contribution in [-0.2, 0) is 4.79 Å². The molecule has 3 aromatic rings. The SMILES string of the molecule is O=C1CCCN1CCCNc1c([N+](=O)[O-])cnc2cc(-c3ccccc3)ccc12. The first-order chi connectivity index (χ1) is 14.1. The maximum atomic E-state index is 11.7. The Kier molecular flexibility index (Phi) is 5.37. The number of carbonyl (C=O) groups excluding carboxylic acids is 1. The highest BCUT2D eigenvalue weighted by Gasteiger charge is 2.20. The van der Waals surface area contributed by atoms with Crippen molar-refractivity contribution < 1.29 is 9.72 Å². The number of anilines is 1. The van der Waals surface area contributed by atoms with E-state index in [0.717, 1.165) is 35.9 Å². The molecule has 0 saturated carbocycles. The Morgan fingerprint density at radius 2 is 1.97 bits per heavy atom. The quantitative estimate of drug-likeness (QED) is 0.370. The van der Waals surface area contributed by atoms with Crippen LogP contribution < -0.4 is 5.32 Å². The Hall–Kier alpha value is -3.48. The summed E-state index contributed by atoms with van der Waals surface area (Å²) in [5, 5.41) is 15.4. The number of likely N-dealkylation sites (tertiary alicyclic amines) is 1. The number of hydrogen-bond donors (Lipinski definition) is 1. The van der Waals surface area contributed by atoms with Gasteiger partial charge in [0.2, 0.25) is 5.91 Å². The summed E-state index contributed by atoms with van der Waals surface area (Å²) in [6.45, 7) is 2.02. The molecule has 1 aliphatic heterocycles. The summed E-state index contributed by atoms with van der Waals surface area (Å²) in [7, 11) is 0. The van der Waals surface area contributed by atoms with Crippen LogP contribution in [0.2, 0.25) is 0 Å². The number of amides is 1.